The van der Waals surface area contributed by atoms with Crippen LogP contribution in [0.2, 0.25) is 0 Å². The molecule has 0 spiro atoms. The van der Waals surface area contributed by atoms with Gasteiger partial charge >= 0.3 is 12.3 Å². The number of ether oxygens (including phenoxy) is 1. The van der Waals surface area contributed by atoms with Crippen molar-refractivity contribution in [3.63, 3.8) is 0 Å². The Bertz CT molecular complexity index is 786. The summed E-state index contributed by atoms with van der Waals surface area (Å²) >= 11 is 0. The number of nitrogens with zero attached hydrogens (tertiary/aromatic N) is 2. The Labute approximate surface area is 159 Å². The number of alkyl halides is 3. The van der Waals surface area contributed by atoms with Crippen LogP contribution in [0.3, 0.4) is 0 Å². The molecule has 2 aliphatic heterocycles. The van der Waals surface area contributed by atoms with Crippen molar-refractivity contribution in [1.82, 2.24) is 15.1 Å². The standard InChI is InChI=1S/C17H23F3N4O4/c1-15(2,3)28-14(26)24-6-4-5-9(8-24)12-11-13(23-22-12)21-10(25)7-16(11,27)17(18,19)20/h9,27H,4-8H2,1-3H3,(H2,21,22,23,25)/t9-,16?/m1/s1. The zero-order valence-electron chi connectivity index (χ0n) is 15.8. The molecule has 3 N–H and O–H groups in total. The fraction of sp³-hybridized carbons (Fsp3) is 0.706. The van der Waals surface area contributed by atoms with Gasteiger partial charge in [0, 0.05) is 24.7 Å². The molecule has 1 aromatic heterocycles. The van der Waals surface area contributed by atoms with Crippen molar-refractivity contribution in [2.45, 2.75) is 63.3 Å². The molecule has 1 unspecified atom stereocenters. The Kier molecular flexibility index (Phi) is 4.85. The van der Waals surface area contributed by atoms with Crippen LogP contribution >= 0.6 is 0 Å². The average molecular weight is 404 g/mol. The maximum Gasteiger partial charge on any atom is 0.422 e. The van der Waals surface area contributed by atoms with E-state index in [1.54, 1.807) is 20.8 Å². The predicted octanol–water partition coefficient (Wildman–Crippen LogP) is 2.62. The van der Waals surface area contributed by atoms with Crippen molar-refractivity contribution in [3.8, 4) is 0 Å². The molecule has 1 aromatic rings. The number of carbonyl (C=O) groups excluding carboxylic acids is 2. The second-order valence-electron chi connectivity index (χ2n) is 8.21. The van der Waals surface area contributed by atoms with E-state index >= 15 is 0 Å². The Morgan fingerprint density at radius 2 is 2.04 bits per heavy atom. The highest BCUT2D eigenvalue weighted by Crippen LogP contribution is 2.49. The normalized spacial score (nSPS) is 25.9. The van der Waals surface area contributed by atoms with Gasteiger partial charge in [0.25, 0.3) is 0 Å². The lowest BCUT2D eigenvalue weighted by atomic mass is 9.81. The summed E-state index contributed by atoms with van der Waals surface area (Å²) in [5, 5.41) is 19.0. The van der Waals surface area contributed by atoms with E-state index in [-0.39, 0.29) is 18.1 Å². The number of likely N-dealkylation sites (tertiary alicyclic amines) is 1. The van der Waals surface area contributed by atoms with E-state index < -0.39 is 47.3 Å². The van der Waals surface area contributed by atoms with Crippen LogP contribution in [0.4, 0.5) is 23.8 Å². The topological polar surface area (TPSA) is 108 Å². The van der Waals surface area contributed by atoms with Crippen molar-refractivity contribution < 1.29 is 32.6 Å². The molecule has 0 aromatic carbocycles. The maximum atomic E-state index is 13.6. The fourth-order valence-corrected chi connectivity index (χ4v) is 3.60. The number of hydrogen-bond acceptors (Lipinski definition) is 5. The SMILES string of the molecule is CC(C)(C)OC(=O)N1CCC[C@@H](c2[nH]nc3c2C(O)(C(F)(F)F)CC(=O)N3)C1. The third kappa shape index (κ3) is 3.67. The number of piperidine rings is 1. The molecule has 0 bridgehead atoms. The first-order chi connectivity index (χ1) is 12.8. The first-order valence-electron chi connectivity index (χ1n) is 8.97. The van der Waals surface area contributed by atoms with Crippen molar-refractivity contribution in [3.05, 3.63) is 11.3 Å². The quantitative estimate of drug-likeness (QED) is 0.667. The van der Waals surface area contributed by atoms with Gasteiger partial charge in [-0.05, 0) is 33.6 Å². The first-order valence-corrected chi connectivity index (χ1v) is 8.97. The van der Waals surface area contributed by atoms with Crippen LogP contribution in [0.5, 0.6) is 0 Å². The molecule has 156 valence electrons. The molecule has 28 heavy (non-hydrogen) atoms. The lowest BCUT2D eigenvalue weighted by Crippen LogP contribution is -2.49. The van der Waals surface area contributed by atoms with Gasteiger partial charge in [0.2, 0.25) is 5.91 Å². The van der Waals surface area contributed by atoms with E-state index in [1.165, 1.54) is 4.90 Å². The largest absolute Gasteiger partial charge is 0.444 e. The van der Waals surface area contributed by atoms with Gasteiger partial charge in [-0.1, -0.05) is 0 Å². The van der Waals surface area contributed by atoms with Crippen molar-refractivity contribution in [2.75, 3.05) is 18.4 Å². The molecule has 11 heteroatoms. The average Bonchev–Trinajstić information content (AvgIpc) is 2.96. The molecule has 0 aliphatic carbocycles. The van der Waals surface area contributed by atoms with Crippen LogP contribution in [0.1, 0.15) is 57.2 Å². The molecule has 3 heterocycles. The summed E-state index contributed by atoms with van der Waals surface area (Å²) < 4.78 is 46.3. The summed E-state index contributed by atoms with van der Waals surface area (Å²) in [6.07, 6.45) is -5.70. The number of aromatic amines is 1. The number of hydrogen-bond donors (Lipinski definition) is 3. The maximum absolute atomic E-state index is 13.6. The summed E-state index contributed by atoms with van der Waals surface area (Å²) in [6, 6.07) is 0. The number of anilines is 1. The van der Waals surface area contributed by atoms with Crippen LogP contribution < -0.4 is 5.32 Å². The summed E-state index contributed by atoms with van der Waals surface area (Å²) in [4.78, 5) is 25.4. The molecular weight excluding hydrogens is 381 g/mol. The smallest absolute Gasteiger partial charge is 0.422 e. The number of H-pyrrole nitrogens is 1. The minimum absolute atomic E-state index is 0.0723. The van der Waals surface area contributed by atoms with Crippen molar-refractivity contribution >= 4 is 17.8 Å². The highest BCUT2D eigenvalue weighted by atomic mass is 19.4. The first kappa shape index (κ1) is 20.4. The Balaban J connectivity index is 1.92. The molecule has 1 fully saturated rings. The van der Waals surface area contributed by atoms with Crippen LogP contribution in [0.25, 0.3) is 0 Å². The van der Waals surface area contributed by atoms with Crippen LogP contribution in [-0.2, 0) is 15.1 Å². The summed E-state index contributed by atoms with van der Waals surface area (Å²) in [6.45, 7) is 5.71. The predicted molar refractivity (Wildman–Crippen MR) is 91.6 cm³/mol. The number of aromatic nitrogens is 2. The second-order valence-corrected chi connectivity index (χ2v) is 8.21. The summed E-state index contributed by atoms with van der Waals surface area (Å²) in [5.74, 6) is -1.81. The van der Waals surface area contributed by atoms with Gasteiger partial charge in [-0.2, -0.15) is 18.3 Å². The van der Waals surface area contributed by atoms with Gasteiger partial charge in [0.1, 0.15) is 5.60 Å². The molecule has 2 amide bonds. The van der Waals surface area contributed by atoms with Gasteiger partial charge in [0.05, 0.1) is 12.0 Å². The van der Waals surface area contributed by atoms with Crippen LogP contribution in [0, 0.1) is 0 Å². The molecule has 3 rings (SSSR count). The van der Waals surface area contributed by atoms with Gasteiger partial charge < -0.3 is 20.1 Å². The number of aliphatic hydroxyl groups is 1. The molecule has 0 saturated carbocycles. The fourth-order valence-electron chi connectivity index (χ4n) is 3.60. The zero-order chi connectivity index (χ0) is 20.9. The van der Waals surface area contributed by atoms with E-state index in [1.807, 2.05) is 0 Å². The molecule has 8 nitrogen and oxygen atoms in total. The van der Waals surface area contributed by atoms with E-state index in [2.05, 4.69) is 15.5 Å². The van der Waals surface area contributed by atoms with Gasteiger partial charge in [0.15, 0.2) is 11.4 Å². The second kappa shape index (κ2) is 6.64. The summed E-state index contributed by atoms with van der Waals surface area (Å²) in [5.41, 5.74) is -4.43. The van der Waals surface area contributed by atoms with Crippen LogP contribution in [-0.4, -0.2) is 57.1 Å². The minimum Gasteiger partial charge on any atom is -0.444 e. The Morgan fingerprint density at radius 1 is 1.36 bits per heavy atom. The monoisotopic (exact) mass is 404 g/mol. The van der Waals surface area contributed by atoms with E-state index in [9.17, 15) is 27.9 Å². The van der Waals surface area contributed by atoms with Gasteiger partial charge in [-0.3, -0.25) is 9.89 Å². The number of amides is 2. The van der Waals surface area contributed by atoms with Crippen LogP contribution in [0.15, 0.2) is 0 Å². The number of fused-ring (bicyclic) bond motifs is 1. The number of halogens is 3. The molecule has 1 saturated heterocycles. The third-order valence-corrected chi connectivity index (χ3v) is 4.83. The van der Waals surface area contributed by atoms with Crippen molar-refractivity contribution in [2.24, 2.45) is 0 Å². The highest BCUT2D eigenvalue weighted by molar-refractivity contribution is 5.94. The number of carbonyl (C=O) groups is 2. The number of nitrogens with one attached hydrogen (secondary N) is 2. The molecule has 0 radical (unpaired) electrons. The number of rotatable bonds is 1. The lowest BCUT2D eigenvalue weighted by Gasteiger charge is -2.37. The third-order valence-electron chi connectivity index (χ3n) is 4.83. The van der Waals surface area contributed by atoms with E-state index in [4.69, 9.17) is 4.74 Å². The summed E-state index contributed by atoms with van der Waals surface area (Å²) in [7, 11) is 0. The zero-order valence-corrected chi connectivity index (χ0v) is 15.8. The molecule has 2 aliphatic rings. The minimum atomic E-state index is -5.06. The Morgan fingerprint density at radius 3 is 2.64 bits per heavy atom. The Hall–Kier alpha value is -2.30. The van der Waals surface area contributed by atoms with Crippen molar-refractivity contribution in [1.29, 1.82) is 0 Å². The lowest BCUT2D eigenvalue weighted by molar-refractivity contribution is -0.267. The highest BCUT2D eigenvalue weighted by Gasteiger charge is 2.61. The molecular formula is C17H23F3N4O4. The van der Waals surface area contributed by atoms with E-state index in [0.29, 0.717) is 19.4 Å². The van der Waals surface area contributed by atoms with Gasteiger partial charge in [-0.25, -0.2) is 4.79 Å². The molecule has 2 atom stereocenters. The van der Waals surface area contributed by atoms with E-state index in [0.717, 1.165) is 0 Å². The van der Waals surface area contributed by atoms with Gasteiger partial charge in [-0.15, -0.1) is 0 Å².